The maximum absolute atomic E-state index is 5.90. The molecule has 5 rings (SSSR count). The first-order valence-electron chi connectivity index (χ1n) is 9.76. The third-order valence-corrected chi connectivity index (χ3v) is 5.88. The van der Waals surface area contributed by atoms with E-state index in [0.717, 1.165) is 24.2 Å². The van der Waals surface area contributed by atoms with Crippen LogP contribution in [0.5, 0.6) is 0 Å². The van der Waals surface area contributed by atoms with E-state index in [1.165, 1.54) is 51.6 Å². The molecule has 0 amide bonds. The molecule has 0 radical (unpaired) electrons. The van der Waals surface area contributed by atoms with Gasteiger partial charge in [-0.25, -0.2) is 4.98 Å². The number of hydrogen-bond acceptors (Lipinski definition) is 3. The minimum Gasteiger partial charge on any atom is -0.372 e. The van der Waals surface area contributed by atoms with E-state index in [0.29, 0.717) is 19.3 Å². The van der Waals surface area contributed by atoms with E-state index in [4.69, 9.17) is 4.74 Å². The van der Waals surface area contributed by atoms with E-state index in [2.05, 4.69) is 47.0 Å². The van der Waals surface area contributed by atoms with Crippen LogP contribution in [0.15, 0.2) is 42.7 Å². The van der Waals surface area contributed by atoms with Crippen molar-refractivity contribution in [3.8, 4) is 11.1 Å². The summed E-state index contributed by atoms with van der Waals surface area (Å²) in [7, 11) is 0. The van der Waals surface area contributed by atoms with E-state index in [9.17, 15) is 0 Å². The van der Waals surface area contributed by atoms with Crippen LogP contribution in [0.4, 0.5) is 0 Å². The van der Waals surface area contributed by atoms with E-state index < -0.39 is 0 Å². The van der Waals surface area contributed by atoms with Crippen molar-refractivity contribution in [3.63, 3.8) is 0 Å². The fraction of sp³-hybridized carbons (Fsp3) is 0.348. The molecule has 4 heteroatoms. The fourth-order valence-corrected chi connectivity index (χ4v) is 4.43. The first kappa shape index (κ1) is 16.7. The Hall–Kier alpha value is -2.43. The number of ether oxygens (including phenoxy) is 1. The van der Waals surface area contributed by atoms with Crippen LogP contribution < -0.4 is 5.32 Å². The molecule has 138 valence electrons. The maximum atomic E-state index is 5.90. The Morgan fingerprint density at radius 2 is 2.11 bits per heavy atom. The van der Waals surface area contributed by atoms with Crippen molar-refractivity contribution in [3.05, 3.63) is 65.0 Å². The van der Waals surface area contributed by atoms with Gasteiger partial charge >= 0.3 is 0 Å². The van der Waals surface area contributed by atoms with Crippen LogP contribution in [0.3, 0.4) is 0 Å². The molecule has 0 bridgehead atoms. The van der Waals surface area contributed by atoms with Gasteiger partial charge in [0.2, 0.25) is 0 Å². The molecular weight excluding hydrogens is 334 g/mol. The number of fused-ring (bicyclic) bond motifs is 2. The number of aromatic nitrogens is 2. The predicted molar refractivity (Wildman–Crippen MR) is 109 cm³/mol. The number of pyridine rings is 1. The zero-order chi connectivity index (χ0) is 18.4. The molecule has 2 aliphatic heterocycles. The lowest BCUT2D eigenvalue weighted by Crippen LogP contribution is -2.16. The zero-order valence-electron chi connectivity index (χ0n) is 15.8. The summed E-state index contributed by atoms with van der Waals surface area (Å²) < 4.78 is 5.90. The van der Waals surface area contributed by atoms with Gasteiger partial charge in [-0.1, -0.05) is 12.6 Å². The molecule has 4 nitrogen and oxygen atoms in total. The number of aromatic amines is 1. The smallest absolute Gasteiger partial charge is 0.137 e. The quantitative estimate of drug-likeness (QED) is 0.658. The largest absolute Gasteiger partial charge is 0.372 e. The minimum atomic E-state index is 0.416. The highest BCUT2D eigenvalue weighted by molar-refractivity contribution is 5.84. The summed E-state index contributed by atoms with van der Waals surface area (Å²) in [5.74, 6) is 0. The lowest BCUT2D eigenvalue weighted by molar-refractivity contribution is 0.145. The number of benzene rings is 1. The van der Waals surface area contributed by atoms with Crippen LogP contribution in [0.25, 0.3) is 22.2 Å². The van der Waals surface area contributed by atoms with Crippen LogP contribution in [-0.4, -0.2) is 23.1 Å². The minimum absolute atomic E-state index is 0.416. The van der Waals surface area contributed by atoms with Gasteiger partial charge in [-0.3, -0.25) is 0 Å². The summed E-state index contributed by atoms with van der Waals surface area (Å²) in [4.78, 5) is 7.88. The van der Waals surface area contributed by atoms with Crippen molar-refractivity contribution in [1.29, 1.82) is 0 Å². The Balaban J connectivity index is 1.68. The number of H-pyrrole nitrogens is 1. The van der Waals surface area contributed by atoms with Gasteiger partial charge in [0.25, 0.3) is 0 Å². The van der Waals surface area contributed by atoms with Crippen LogP contribution >= 0.6 is 0 Å². The molecule has 1 saturated heterocycles. The highest BCUT2D eigenvalue weighted by Crippen LogP contribution is 2.36. The van der Waals surface area contributed by atoms with Crippen molar-refractivity contribution in [2.75, 3.05) is 13.2 Å². The van der Waals surface area contributed by atoms with Gasteiger partial charge in [-0.15, -0.1) is 0 Å². The Kier molecular flexibility index (Phi) is 4.10. The zero-order valence-corrected chi connectivity index (χ0v) is 15.8. The van der Waals surface area contributed by atoms with E-state index in [-0.39, 0.29) is 0 Å². The van der Waals surface area contributed by atoms with E-state index >= 15 is 0 Å². The Morgan fingerprint density at radius 1 is 1.19 bits per heavy atom. The normalized spacial score (nSPS) is 20.0. The molecule has 4 heterocycles. The second kappa shape index (κ2) is 6.63. The number of nitrogens with zero attached hydrogens (tertiary/aromatic N) is 1. The molecule has 0 unspecified atom stereocenters. The SMILES string of the molecule is C=C1COCc2c(cc(-c3cnc4[nH]cc(C)c4c3)cc2[C@@H]2CCCN2)C1. The lowest BCUT2D eigenvalue weighted by atomic mass is 9.89. The van der Waals surface area contributed by atoms with Crippen LogP contribution in [0.2, 0.25) is 0 Å². The first-order chi connectivity index (χ1) is 13.2. The Labute approximate surface area is 159 Å². The molecule has 3 aromatic rings. The third kappa shape index (κ3) is 2.99. The van der Waals surface area contributed by atoms with Crippen molar-refractivity contribution >= 4 is 11.0 Å². The average Bonchev–Trinajstić information content (AvgIpc) is 3.28. The number of rotatable bonds is 2. The third-order valence-electron chi connectivity index (χ3n) is 5.88. The van der Waals surface area contributed by atoms with Gasteiger partial charge in [0.1, 0.15) is 5.65 Å². The van der Waals surface area contributed by atoms with Crippen LogP contribution in [0.1, 0.15) is 41.1 Å². The molecule has 0 saturated carbocycles. The summed E-state index contributed by atoms with van der Waals surface area (Å²) in [6.45, 7) is 8.73. The topological polar surface area (TPSA) is 49.9 Å². The van der Waals surface area contributed by atoms with Crippen LogP contribution in [0, 0.1) is 6.92 Å². The maximum Gasteiger partial charge on any atom is 0.137 e. The molecule has 1 aromatic carbocycles. The highest BCUT2D eigenvalue weighted by atomic mass is 16.5. The summed E-state index contributed by atoms with van der Waals surface area (Å²) in [6.07, 6.45) is 7.31. The van der Waals surface area contributed by atoms with Gasteiger partial charge in [0.15, 0.2) is 0 Å². The lowest BCUT2D eigenvalue weighted by Gasteiger charge is -2.20. The Bertz CT molecular complexity index is 1030. The average molecular weight is 359 g/mol. The highest BCUT2D eigenvalue weighted by Gasteiger charge is 2.24. The molecule has 1 atom stereocenters. The molecule has 0 aliphatic carbocycles. The van der Waals surface area contributed by atoms with Crippen molar-refractivity contribution in [2.24, 2.45) is 0 Å². The van der Waals surface area contributed by atoms with Crippen molar-refractivity contribution in [1.82, 2.24) is 15.3 Å². The molecule has 1 fully saturated rings. The number of aryl methyl sites for hydroxylation is 1. The monoisotopic (exact) mass is 359 g/mol. The molecule has 27 heavy (non-hydrogen) atoms. The summed E-state index contributed by atoms with van der Waals surface area (Å²) in [6, 6.07) is 7.34. The number of nitrogens with one attached hydrogen (secondary N) is 2. The van der Waals surface area contributed by atoms with Crippen molar-refractivity contribution in [2.45, 2.75) is 38.8 Å². The van der Waals surface area contributed by atoms with E-state index in [1.807, 2.05) is 12.4 Å². The summed E-state index contributed by atoms with van der Waals surface area (Å²) in [5, 5.41) is 4.86. The van der Waals surface area contributed by atoms with Gasteiger partial charge in [0.05, 0.1) is 13.2 Å². The molecule has 0 spiro atoms. The van der Waals surface area contributed by atoms with Gasteiger partial charge < -0.3 is 15.0 Å². The van der Waals surface area contributed by atoms with Crippen molar-refractivity contribution < 1.29 is 4.74 Å². The summed E-state index contributed by atoms with van der Waals surface area (Å²) >= 11 is 0. The predicted octanol–water partition coefficient (Wildman–Crippen LogP) is 4.59. The second-order valence-electron chi connectivity index (χ2n) is 7.86. The van der Waals surface area contributed by atoms with E-state index in [1.54, 1.807) is 0 Å². The molecule has 2 aromatic heterocycles. The Morgan fingerprint density at radius 3 is 2.96 bits per heavy atom. The van der Waals surface area contributed by atoms with Gasteiger partial charge in [-0.05, 0) is 78.3 Å². The van der Waals surface area contributed by atoms with Gasteiger partial charge in [-0.2, -0.15) is 0 Å². The fourth-order valence-electron chi connectivity index (χ4n) is 4.43. The molecular formula is C23H25N3O. The van der Waals surface area contributed by atoms with Gasteiger partial charge in [0, 0.05) is 29.4 Å². The molecule has 2 aliphatic rings. The standard InChI is InChI=1S/C23H25N3O/c1-14-6-17-7-16(18-9-19-15(2)10-25-23(19)26-11-18)8-20(21(17)13-27-12-14)22-4-3-5-24-22/h7-11,22,24H,1,3-6,12-13H2,2H3,(H,25,26)/t22-/m0/s1. The first-order valence-corrected chi connectivity index (χ1v) is 9.76. The molecule has 2 N–H and O–H groups in total. The second-order valence-corrected chi connectivity index (χ2v) is 7.86. The number of hydrogen-bond donors (Lipinski definition) is 2. The van der Waals surface area contributed by atoms with Crippen LogP contribution in [-0.2, 0) is 17.8 Å². The summed E-state index contributed by atoms with van der Waals surface area (Å²) in [5.41, 5.74) is 9.82.